The Hall–Kier alpha value is -7.71. The van der Waals surface area contributed by atoms with Gasteiger partial charge in [0.15, 0.2) is 0 Å². The molecule has 2 aromatic rings. The zero-order valence-electron chi connectivity index (χ0n) is 64.9. The number of ether oxygens (including phenoxy) is 2. The van der Waals surface area contributed by atoms with Gasteiger partial charge in [-0.3, -0.25) is 52.8 Å². The Kier molecular flexibility index (Phi) is 37.6. The number of methoxy groups -OCH3 is 2. The summed E-state index contributed by atoms with van der Waals surface area (Å²) in [4.78, 5) is 160. The maximum absolute atomic E-state index is 14.8. The fraction of sp³-hybridized carbons (Fsp3) is 0.701. The van der Waals surface area contributed by atoms with Gasteiger partial charge < -0.3 is 72.0 Å². The van der Waals surface area contributed by atoms with E-state index in [9.17, 15) is 52.7 Å². The number of piperidine rings is 1. The molecule has 26 heteroatoms. The highest BCUT2D eigenvalue weighted by Crippen LogP contribution is 2.31. The number of hydrogen-bond donors (Lipinski definition) is 8. The van der Waals surface area contributed by atoms with Crippen molar-refractivity contribution in [1.29, 1.82) is 0 Å². The maximum Gasteiger partial charge on any atom is 0.312 e. The molecule has 2 heterocycles. The summed E-state index contributed by atoms with van der Waals surface area (Å²) < 4.78 is 12.3. The van der Waals surface area contributed by atoms with Crippen molar-refractivity contribution in [1.82, 2.24) is 56.4 Å². The Labute approximate surface area is 613 Å². The van der Waals surface area contributed by atoms with Crippen molar-refractivity contribution in [2.24, 2.45) is 41.2 Å². The summed E-state index contributed by atoms with van der Waals surface area (Å²) in [6, 6.07) is 9.86. The summed E-state index contributed by atoms with van der Waals surface area (Å²) in [5, 5.41) is 20.1. The van der Waals surface area contributed by atoms with Crippen LogP contribution in [0.2, 0.25) is 0 Å². The summed E-state index contributed by atoms with van der Waals surface area (Å²) in [5.41, 5.74) is 7.16. The molecule has 2 aliphatic heterocycles. The second-order valence-corrected chi connectivity index (χ2v) is 29.6. The molecule has 26 nitrogen and oxygen atoms in total. The molecular weight excluding hydrogens is 1310 g/mol. The van der Waals surface area contributed by atoms with E-state index in [2.05, 4.69) is 49.0 Å². The Bertz CT molecular complexity index is 3040. The largest absolute Gasteiger partial charge is 0.379 e. The number of anilines is 1. The first-order valence-electron chi connectivity index (χ1n) is 37.6. The smallest absolute Gasteiger partial charge is 0.312 e. The summed E-state index contributed by atoms with van der Waals surface area (Å²) >= 11 is 0. The van der Waals surface area contributed by atoms with Crippen LogP contribution < -0.4 is 43.0 Å². The number of likely N-dealkylation sites (N-methyl/N-ethyl adjacent to an activating group) is 3. The predicted octanol–water partition coefficient (Wildman–Crippen LogP) is 6.53. The topological polar surface area (TPSA) is 333 Å². The van der Waals surface area contributed by atoms with Crippen molar-refractivity contribution < 1.29 is 62.2 Å². The van der Waals surface area contributed by atoms with Crippen LogP contribution in [-0.4, -0.2) is 218 Å². The standard InChI is InChI=1S/C77H127N13O13/c1-18-21-25-41-86(13)67(50(8)9)74(98)85-66(49(6)7)76(100)88(15)68(51(10)19-2)61(102-16)46-64(93)90-42-27-31-60(90)69(103-17)53(12)70(94)83-59(45-54-28-23-22-24-29-54)75(99)87(14)47-55-32-34-57(35-33-55)81-72(96)58(30-26-40-79-77(78)101)82-73(97)65(48(4)5)84-62(91)36-37-63(92)89-43-38-56(39-44-89)71(95)80-52(11)20-3/h22-24,28-29,32-35,48-53,56,58-61,65-69H,18-21,25-27,30-31,36-47H2,1-17H3,(H,80,95)(H,81,96)(H,82,97)(H,83,94)(H,84,91)(H,85,98)(H3,78,79,101)/t51-,52?,53+,58-,59-,60-,61+,65-,66-,67-,68-,69+/m0/s1. The van der Waals surface area contributed by atoms with Gasteiger partial charge in [0.25, 0.3) is 0 Å². The van der Waals surface area contributed by atoms with E-state index in [-0.39, 0.29) is 117 Å². The summed E-state index contributed by atoms with van der Waals surface area (Å²) in [5.74, 6) is -5.28. The first-order valence-corrected chi connectivity index (χ1v) is 37.6. The number of amides is 12. The number of benzene rings is 2. The highest BCUT2D eigenvalue weighted by molar-refractivity contribution is 5.99. The molecule has 2 fully saturated rings. The number of likely N-dealkylation sites (tertiary alicyclic amines) is 2. The van der Waals surface area contributed by atoms with Gasteiger partial charge in [0.05, 0.1) is 42.7 Å². The number of urea groups is 1. The molecule has 9 N–H and O–H groups in total. The monoisotopic (exact) mass is 1440 g/mol. The highest BCUT2D eigenvalue weighted by Gasteiger charge is 2.44. The van der Waals surface area contributed by atoms with Gasteiger partial charge in [0, 0.05) is 97.9 Å². The first kappa shape index (κ1) is 87.7. The molecule has 12 atom stereocenters. The van der Waals surface area contributed by atoms with E-state index in [0.29, 0.717) is 63.0 Å². The second kappa shape index (κ2) is 44.2. The summed E-state index contributed by atoms with van der Waals surface area (Å²) in [6.45, 7) is 25.4. The van der Waals surface area contributed by atoms with E-state index in [4.69, 9.17) is 15.2 Å². The maximum atomic E-state index is 14.8. The third kappa shape index (κ3) is 27.4. The molecule has 2 saturated heterocycles. The first-order chi connectivity index (χ1) is 48.8. The van der Waals surface area contributed by atoms with Gasteiger partial charge in [0.1, 0.15) is 24.2 Å². The molecule has 0 aromatic heterocycles. The van der Waals surface area contributed by atoms with Gasteiger partial charge in [-0.2, -0.15) is 0 Å². The lowest BCUT2D eigenvalue weighted by Crippen LogP contribution is -2.60. The van der Waals surface area contributed by atoms with Crippen molar-refractivity contribution in [2.75, 3.05) is 73.4 Å². The summed E-state index contributed by atoms with van der Waals surface area (Å²) in [7, 11) is 8.37. The van der Waals surface area contributed by atoms with Crippen molar-refractivity contribution in [3.63, 3.8) is 0 Å². The molecular formula is C77H127N13O13. The van der Waals surface area contributed by atoms with Crippen LogP contribution in [0.15, 0.2) is 54.6 Å². The molecule has 1 unspecified atom stereocenters. The molecule has 0 bridgehead atoms. The van der Waals surface area contributed by atoms with E-state index in [1.54, 1.807) is 80.9 Å². The van der Waals surface area contributed by atoms with Crippen LogP contribution in [0.3, 0.4) is 0 Å². The highest BCUT2D eigenvalue weighted by atomic mass is 16.5. The number of nitrogens with two attached hydrogens (primary N) is 1. The minimum absolute atomic E-state index is 0.000755. The quantitative estimate of drug-likeness (QED) is 0.0328. The van der Waals surface area contributed by atoms with Crippen LogP contribution in [0.1, 0.15) is 184 Å². The number of nitrogens with one attached hydrogen (secondary N) is 7. The lowest BCUT2D eigenvalue weighted by Gasteiger charge is -2.41. The average Bonchev–Trinajstić information content (AvgIpc) is 1.80. The Balaban J connectivity index is 1.44. The number of primary amides is 1. The number of hydrogen-bond acceptors (Lipinski definition) is 14. The minimum atomic E-state index is -1.13. The molecule has 0 spiro atoms. The molecule has 4 rings (SSSR count). The van der Waals surface area contributed by atoms with Crippen LogP contribution in [0.25, 0.3) is 0 Å². The molecule has 578 valence electrons. The van der Waals surface area contributed by atoms with Crippen LogP contribution in [0.5, 0.6) is 0 Å². The number of carbonyl (C=O) groups excluding carboxylic acids is 11. The van der Waals surface area contributed by atoms with Gasteiger partial charge in [-0.1, -0.05) is 138 Å². The van der Waals surface area contributed by atoms with Crippen LogP contribution >= 0.6 is 0 Å². The van der Waals surface area contributed by atoms with Crippen molar-refractivity contribution in [2.45, 2.75) is 246 Å². The Morgan fingerprint density at radius 3 is 1.83 bits per heavy atom. The molecule has 2 aromatic carbocycles. The normalized spacial score (nSPS) is 17.3. The number of rotatable bonds is 43. The number of nitrogens with zero attached hydrogens (tertiary/aromatic N) is 5. The van der Waals surface area contributed by atoms with Crippen molar-refractivity contribution in [3.8, 4) is 0 Å². The van der Waals surface area contributed by atoms with Crippen molar-refractivity contribution >= 4 is 70.8 Å². The Morgan fingerprint density at radius 1 is 0.621 bits per heavy atom. The number of unbranched alkanes of at least 4 members (excludes halogenated alkanes) is 2. The van der Waals surface area contributed by atoms with E-state index in [1.165, 1.54) is 12.0 Å². The molecule has 0 radical (unpaired) electrons. The molecule has 0 aliphatic carbocycles. The van der Waals surface area contributed by atoms with E-state index >= 15 is 0 Å². The Morgan fingerprint density at radius 2 is 1.26 bits per heavy atom. The zero-order valence-corrected chi connectivity index (χ0v) is 64.9. The van der Waals surface area contributed by atoms with Gasteiger partial charge in [-0.25, -0.2) is 4.79 Å². The summed E-state index contributed by atoms with van der Waals surface area (Å²) in [6.07, 6.45) is 5.48. The fourth-order valence-corrected chi connectivity index (χ4v) is 14.0. The third-order valence-corrected chi connectivity index (χ3v) is 20.5. The lowest BCUT2D eigenvalue weighted by atomic mass is 9.89. The van der Waals surface area contributed by atoms with Crippen LogP contribution in [0.4, 0.5) is 10.5 Å². The lowest BCUT2D eigenvalue weighted by molar-refractivity contribution is -0.148. The van der Waals surface area contributed by atoms with E-state index in [0.717, 1.165) is 37.8 Å². The van der Waals surface area contributed by atoms with Gasteiger partial charge in [0.2, 0.25) is 59.1 Å². The van der Waals surface area contributed by atoms with Crippen molar-refractivity contribution in [3.05, 3.63) is 65.7 Å². The fourth-order valence-electron chi connectivity index (χ4n) is 14.0. The van der Waals surface area contributed by atoms with Gasteiger partial charge >= 0.3 is 6.03 Å². The van der Waals surface area contributed by atoms with E-state index < -0.39 is 96.0 Å². The molecule has 103 heavy (non-hydrogen) atoms. The van der Waals surface area contributed by atoms with E-state index in [1.807, 2.05) is 92.8 Å². The zero-order chi connectivity index (χ0) is 76.8. The van der Waals surface area contributed by atoms with Crippen LogP contribution in [-0.2, 0) is 70.4 Å². The van der Waals surface area contributed by atoms with Crippen LogP contribution in [0, 0.1) is 35.5 Å². The van der Waals surface area contributed by atoms with Gasteiger partial charge in [-0.05, 0) is 119 Å². The third-order valence-electron chi connectivity index (χ3n) is 20.5. The SMILES string of the molecule is CCCCCN(C)[C@H](C(=O)N[C@H](C(=O)N(C)[C@@H]([C@@H](C)CC)[C@@H](CC(=O)N1CCC[C@H]1[C@H](OC)[C@@H](C)C(=O)N[C@@H](Cc1ccccc1)C(=O)N(C)Cc1ccc(NC(=O)[C@H](CCCNC(N)=O)NC(=O)[C@@H](NC(=O)CCC(=O)N2CCC(C(=O)NC(C)CC)CC2)C(C)C)cc1)OC)C(C)C)C(C)C. The molecule has 2 aliphatic rings. The minimum Gasteiger partial charge on any atom is -0.379 e. The number of carbonyl (C=O) groups is 11. The predicted molar refractivity (Wildman–Crippen MR) is 399 cm³/mol. The molecule has 0 saturated carbocycles. The average molecular weight is 1440 g/mol. The molecule has 12 amide bonds. The second-order valence-electron chi connectivity index (χ2n) is 29.6. The van der Waals surface area contributed by atoms with Gasteiger partial charge in [-0.15, -0.1) is 0 Å².